The van der Waals surface area contributed by atoms with Crippen LogP contribution in [0.4, 0.5) is 5.69 Å². The molecule has 1 N–H and O–H groups in total. The van der Waals surface area contributed by atoms with E-state index in [0.29, 0.717) is 0 Å². The molecule has 0 fully saturated rings. The van der Waals surface area contributed by atoms with Gasteiger partial charge in [0, 0.05) is 30.2 Å². The Kier molecular flexibility index (Phi) is 4.29. The van der Waals surface area contributed by atoms with Gasteiger partial charge in [0.15, 0.2) is 0 Å². The van der Waals surface area contributed by atoms with Crippen molar-refractivity contribution >= 4 is 5.69 Å². The smallest absolute Gasteiger partial charge is 0.120 e. The molecule has 3 nitrogen and oxygen atoms in total. The summed E-state index contributed by atoms with van der Waals surface area (Å²) in [6.45, 7) is 4.10. The van der Waals surface area contributed by atoms with Crippen molar-refractivity contribution in [1.82, 2.24) is 4.57 Å². The van der Waals surface area contributed by atoms with E-state index in [4.69, 9.17) is 4.74 Å². The summed E-state index contributed by atoms with van der Waals surface area (Å²) in [6, 6.07) is 12.3. The van der Waals surface area contributed by atoms with E-state index < -0.39 is 0 Å². The number of hydrogen-bond acceptors (Lipinski definition) is 2. The van der Waals surface area contributed by atoms with Crippen LogP contribution in [-0.4, -0.2) is 11.7 Å². The molecule has 1 heterocycles. The van der Waals surface area contributed by atoms with E-state index in [2.05, 4.69) is 41.2 Å². The maximum atomic E-state index is 5.21. The first-order chi connectivity index (χ1) is 8.83. The van der Waals surface area contributed by atoms with Crippen LogP contribution in [0.25, 0.3) is 0 Å². The number of nitrogens with zero attached hydrogens (tertiary/aromatic N) is 1. The van der Waals surface area contributed by atoms with Crippen LogP contribution in [0, 0.1) is 0 Å². The zero-order valence-corrected chi connectivity index (χ0v) is 11.0. The Morgan fingerprint density at radius 3 is 2.89 bits per heavy atom. The molecule has 3 heteroatoms. The van der Waals surface area contributed by atoms with E-state index >= 15 is 0 Å². The topological polar surface area (TPSA) is 26.2 Å². The first-order valence-corrected chi connectivity index (χ1v) is 6.35. The average molecular weight is 244 g/mol. The monoisotopic (exact) mass is 244 g/mol. The quantitative estimate of drug-likeness (QED) is 0.841. The molecular formula is C15H20N2O. The second-order valence-corrected chi connectivity index (χ2v) is 4.28. The first-order valence-electron chi connectivity index (χ1n) is 6.35. The van der Waals surface area contributed by atoms with E-state index in [-0.39, 0.29) is 0 Å². The molecule has 0 spiro atoms. The first kappa shape index (κ1) is 12.6. The molecule has 0 aliphatic carbocycles. The molecule has 2 rings (SSSR count). The largest absolute Gasteiger partial charge is 0.497 e. The third kappa shape index (κ3) is 3.06. The Morgan fingerprint density at radius 1 is 1.22 bits per heavy atom. The van der Waals surface area contributed by atoms with Crippen LogP contribution in [-0.2, 0) is 13.1 Å². The van der Waals surface area contributed by atoms with E-state index in [1.165, 1.54) is 5.69 Å². The highest BCUT2D eigenvalue weighted by Gasteiger charge is 2.00. The number of hydrogen-bond donors (Lipinski definition) is 1. The van der Waals surface area contributed by atoms with Crippen molar-refractivity contribution in [2.24, 2.45) is 0 Å². The maximum absolute atomic E-state index is 5.21. The number of anilines is 1. The molecule has 0 radical (unpaired) electrons. The fraction of sp³-hybridized carbons (Fsp3) is 0.333. The number of aryl methyl sites for hydroxylation is 1. The maximum Gasteiger partial charge on any atom is 0.120 e. The van der Waals surface area contributed by atoms with Gasteiger partial charge in [0.1, 0.15) is 5.75 Å². The zero-order chi connectivity index (χ0) is 12.8. The van der Waals surface area contributed by atoms with Crippen molar-refractivity contribution < 1.29 is 4.74 Å². The van der Waals surface area contributed by atoms with E-state index in [0.717, 1.165) is 30.9 Å². The minimum absolute atomic E-state index is 0.833. The van der Waals surface area contributed by atoms with E-state index in [9.17, 15) is 0 Å². The molecule has 0 bridgehead atoms. The Morgan fingerprint density at radius 2 is 2.11 bits per heavy atom. The second-order valence-electron chi connectivity index (χ2n) is 4.28. The van der Waals surface area contributed by atoms with Crippen LogP contribution in [0.5, 0.6) is 5.75 Å². The van der Waals surface area contributed by atoms with Crippen LogP contribution in [0.3, 0.4) is 0 Å². The minimum atomic E-state index is 0.833. The molecule has 2 aromatic rings. The number of nitrogens with one attached hydrogen (secondary N) is 1. The van der Waals surface area contributed by atoms with Crippen molar-refractivity contribution in [2.45, 2.75) is 26.4 Å². The lowest BCUT2D eigenvalue weighted by atomic mass is 10.3. The number of aromatic nitrogens is 1. The predicted octanol–water partition coefficient (Wildman–Crippen LogP) is 3.52. The Bertz CT molecular complexity index is 491. The summed E-state index contributed by atoms with van der Waals surface area (Å²) in [7, 11) is 1.69. The summed E-state index contributed by atoms with van der Waals surface area (Å²) < 4.78 is 7.49. The standard InChI is InChI=1S/C15H20N2O/c1-3-9-17-10-5-7-14(17)12-16-13-6-4-8-15(11-13)18-2/h4-8,10-11,16H,3,9,12H2,1-2H3. The number of ether oxygens (including phenoxy) is 1. The van der Waals surface area contributed by atoms with Crippen LogP contribution in [0.15, 0.2) is 42.6 Å². The van der Waals surface area contributed by atoms with Crippen molar-refractivity contribution in [1.29, 1.82) is 0 Å². The van der Waals surface area contributed by atoms with Gasteiger partial charge in [0.2, 0.25) is 0 Å². The molecule has 0 amide bonds. The molecule has 0 atom stereocenters. The number of rotatable bonds is 6. The number of methoxy groups -OCH3 is 1. The summed E-state index contributed by atoms with van der Waals surface area (Å²) >= 11 is 0. The van der Waals surface area contributed by atoms with E-state index in [1.54, 1.807) is 7.11 Å². The normalized spacial score (nSPS) is 10.3. The molecule has 96 valence electrons. The van der Waals surface area contributed by atoms with Gasteiger partial charge in [-0.3, -0.25) is 0 Å². The van der Waals surface area contributed by atoms with Crippen molar-refractivity contribution in [2.75, 3.05) is 12.4 Å². The molecular weight excluding hydrogens is 224 g/mol. The highest BCUT2D eigenvalue weighted by atomic mass is 16.5. The van der Waals surface area contributed by atoms with E-state index in [1.807, 2.05) is 18.2 Å². The van der Waals surface area contributed by atoms with Gasteiger partial charge in [-0.2, -0.15) is 0 Å². The lowest BCUT2D eigenvalue weighted by Gasteiger charge is -2.11. The third-order valence-electron chi connectivity index (χ3n) is 2.93. The third-order valence-corrected chi connectivity index (χ3v) is 2.93. The predicted molar refractivity (Wildman–Crippen MR) is 75.0 cm³/mol. The van der Waals surface area contributed by atoms with Gasteiger partial charge in [0.25, 0.3) is 0 Å². The zero-order valence-electron chi connectivity index (χ0n) is 11.0. The van der Waals surface area contributed by atoms with Gasteiger partial charge in [-0.15, -0.1) is 0 Å². The fourth-order valence-corrected chi connectivity index (χ4v) is 1.99. The summed E-state index contributed by atoms with van der Waals surface area (Å²) in [5, 5.41) is 3.42. The van der Waals surface area contributed by atoms with Crippen LogP contribution < -0.4 is 10.1 Å². The Hall–Kier alpha value is -1.90. The Labute approximate surface area is 108 Å². The SMILES string of the molecule is CCCn1cccc1CNc1cccc(OC)c1. The molecule has 18 heavy (non-hydrogen) atoms. The van der Waals surface area contributed by atoms with Crippen molar-refractivity contribution in [3.63, 3.8) is 0 Å². The van der Waals surface area contributed by atoms with Crippen LogP contribution in [0.1, 0.15) is 19.0 Å². The average Bonchev–Trinajstić information content (AvgIpc) is 2.85. The number of benzene rings is 1. The molecule has 1 aromatic heterocycles. The van der Waals surface area contributed by atoms with Gasteiger partial charge in [0.05, 0.1) is 13.7 Å². The summed E-state index contributed by atoms with van der Waals surface area (Å²) in [5.41, 5.74) is 2.39. The lowest BCUT2D eigenvalue weighted by molar-refractivity contribution is 0.415. The fourth-order valence-electron chi connectivity index (χ4n) is 1.99. The van der Waals surface area contributed by atoms with Gasteiger partial charge in [-0.1, -0.05) is 13.0 Å². The van der Waals surface area contributed by atoms with Crippen LogP contribution in [0.2, 0.25) is 0 Å². The van der Waals surface area contributed by atoms with Gasteiger partial charge in [-0.05, 0) is 30.7 Å². The molecule has 0 aliphatic heterocycles. The Balaban J connectivity index is 1.99. The molecule has 0 aliphatic rings. The van der Waals surface area contributed by atoms with Gasteiger partial charge >= 0.3 is 0 Å². The van der Waals surface area contributed by atoms with Crippen molar-refractivity contribution in [3.05, 3.63) is 48.3 Å². The minimum Gasteiger partial charge on any atom is -0.497 e. The molecule has 0 saturated carbocycles. The van der Waals surface area contributed by atoms with Crippen LogP contribution >= 0.6 is 0 Å². The lowest BCUT2D eigenvalue weighted by Crippen LogP contribution is -2.06. The van der Waals surface area contributed by atoms with Gasteiger partial charge in [-0.25, -0.2) is 0 Å². The molecule has 0 saturated heterocycles. The highest BCUT2D eigenvalue weighted by Crippen LogP contribution is 2.17. The van der Waals surface area contributed by atoms with Gasteiger partial charge < -0.3 is 14.6 Å². The molecule has 0 unspecified atom stereocenters. The summed E-state index contributed by atoms with van der Waals surface area (Å²) in [6.07, 6.45) is 3.28. The summed E-state index contributed by atoms with van der Waals surface area (Å²) in [4.78, 5) is 0. The highest BCUT2D eigenvalue weighted by molar-refractivity contribution is 5.48. The molecule has 1 aromatic carbocycles. The second kappa shape index (κ2) is 6.15. The van der Waals surface area contributed by atoms with Crippen molar-refractivity contribution in [3.8, 4) is 5.75 Å². The summed E-state index contributed by atoms with van der Waals surface area (Å²) in [5.74, 6) is 0.879.